The number of aliphatic hydroxyl groups excluding tert-OH is 2. The Morgan fingerprint density at radius 2 is 2.20 bits per heavy atom. The molecule has 1 aromatic carbocycles. The predicted molar refractivity (Wildman–Crippen MR) is 77.3 cm³/mol. The van der Waals surface area contributed by atoms with Crippen LogP contribution in [0.25, 0.3) is 11.0 Å². The topological polar surface area (TPSA) is 93.5 Å². The Morgan fingerprint density at radius 3 is 2.90 bits per heavy atom. The van der Waals surface area contributed by atoms with Crippen LogP contribution in [0.15, 0.2) is 18.2 Å². The molecule has 1 aromatic heterocycles. The first kappa shape index (κ1) is 14.8. The number of aliphatic hydroxyl groups is 2. The molecule has 2 aromatic rings. The number of ether oxygens (including phenoxy) is 1. The van der Waals surface area contributed by atoms with Gasteiger partial charge in [-0.15, -0.1) is 0 Å². The van der Waals surface area contributed by atoms with Crippen LogP contribution in [-0.4, -0.2) is 39.6 Å². The molecule has 0 aliphatic carbocycles. The molecular formula is C14H21N3O3. The van der Waals surface area contributed by atoms with Crippen molar-refractivity contribution in [1.82, 2.24) is 9.55 Å². The molecule has 0 fully saturated rings. The number of nitrogens with zero attached hydrogens (tertiary/aromatic N) is 2. The van der Waals surface area contributed by atoms with E-state index in [1.54, 1.807) is 13.0 Å². The summed E-state index contributed by atoms with van der Waals surface area (Å²) in [6.45, 7) is 3.35. The second-order valence-corrected chi connectivity index (χ2v) is 4.74. The fourth-order valence-corrected chi connectivity index (χ4v) is 2.21. The van der Waals surface area contributed by atoms with Crippen LogP contribution >= 0.6 is 0 Å². The number of hydrogen-bond acceptors (Lipinski definition) is 5. The summed E-state index contributed by atoms with van der Waals surface area (Å²) in [6.07, 6.45) is 0.150. The van der Waals surface area contributed by atoms with Gasteiger partial charge in [0.25, 0.3) is 0 Å². The highest BCUT2D eigenvalue weighted by Crippen LogP contribution is 2.23. The van der Waals surface area contributed by atoms with Crippen molar-refractivity contribution in [3.63, 3.8) is 0 Å². The molecule has 0 radical (unpaired) electrons. The van der Waals surface area contributed by atoms with Gasteiger partial charge in [0.1, 0.15) is 11.9 Å². The summed E-state index contributed by atoms with van der Waals surface area (Å²) in [5, 5.41) is 18.5. The minimum atomic E-state index is -0.637. The molecule has 20 heavy (non-hydrogen) atoms. The zero-order valence-corrected chi connectivity index (χ0v) is 11.6. The van der Waals surface area contributed by atoms with Crippen LogP contribution in [0, 0.1) is 0 Å². The van der Waals surface area contributed by atoms with Gasteiger partial charge >= 0.3 is 0 Å². The van der Waals surface area contributed by atoms with E-state index in [4.69, 9.17) is 15.6 Å². The molecule has 0 aliphatic heterocycles. The monoisotopic (exact) mass is 279 g/mol. The largest absolute Gasteiger partial charge is 0.399 e. The van der Waals surface area contributed by atoms with Crippen LogP contribution in [0.2, 0.25) is 0 Å². The fourth-order valence-electron chi connectivity index (χ4n) is 2.21. The molecule has 1 atom stereocenters. The third kappa shape index (κ3) is 3.27. The van der Waals surface area contributed by atoms with E-state index < -0.39 is 6.10 Å². The van der Waals surface area contributed by atoms with Crippen molar-refractivity contribution in [1.29, 1.82) is 0 Å². The summed E-state index contributed by atoms with van der Waals surface area (Å²) in [7, 11) is 0. The van der Waals surface area contributed by atoms with Gasteiger partial charge in [-0.3, -0.25) is 0 Å². The average Bonchev–Trinajstić information content (AvgIpc) is 2.76. The van der Waals surface area contributed by atoms with Crippen molar-refractivity contribution in [2.45, 2.75) is 26.0 Å². The van der Waals surface area contributed by atoms with E-state index in [1.807, 2.05) is 16.7 Å². The number of nitrogens with two attached hydrogens (primary N) is 1. The van der Waals surface area contributed by atoms with Crippen LogP contribution in [0.5, 0.6) is 0 Å². The molecule has 1 unspecified atom stereocenters. The highest BCUT2D eigenvalue weighted by Gasteiger charge is 2.14. The summed E-state index contributed by atoms with van der Waals surface area (Å²) >= 11 is 0. The van der Waals surface area contributed by atoms with E-state index in [2.05, 4.69) is 4.98 Å². The molecule has 1 heterocycles. The predicted octanol–water partition coefficient (Wildman–Crippen LogP) is 1.07. The zero-order valence-electron chi connectivity index (χ0n) is 11.6. The Balaban J connectivity index is 2.18. The average molecular weight is 279 g/mol. The lowest BCUT2D eigenvalue weighted by molar-refractivity contribution is 0.0883. The Labute approximate surface area is 117 Å². The van der Waals surface area contributed by atoms with Crippen LogP contribution in [0.4, 0.5) is 5.69 Å². The third-order valence-electron chi connectivity index (χ3n) is 3.08. The molecule has 4 N–H and O–H groups in total. The van der Waals surface area contributed by atoms with Crippen molar-refractivity contribution in [3.8, 4) is 0 Å². The van der Waals surface area contributed by atoms with Gasteiger partial charge in [0.2, 0.25) is 0 Å². The Kier molecular flexibility index (Phi) is 4.94. The Bertz CT molecular complexity index is 566. The number of hydrogen-bond donors (Lipinski definition) is 3. The van der Waals surface area contributed by atoms with Gasteiger partial charge in [-0.05, 0) is 31.5 Å². The van der Waals surface area contributed by atoms with E-state index >= 15 is 0 Å². The van der Waals surface area contributed by atoms with Crippen molar-refractivity contribution >= 4 is 16.7 Å². The van der Waals surface area contributed by atoms with Crippen LogP contribution < -0.4 is 5.73 Å². The molecule has 6 nitrogen and oxygen atoms in total. The normalized spacial score (nSPS) is 12.9. The number of benzene rings is 1. The molecule has 110 valence electrons. The first-order chi connectivity index (χ1) is 9.63. The molecule has 0 saturated carbocycles. The molecule has 0 saturated heterocycles. The highest BCUT2D eigenvalue weighted by atomic mass is 16.5. The summed E-state index contributed by atoms with van der Waals surface area (Å²) in [4.78, 5) is 4.44. The first-order valence-corrected chi connectivity index (χ1v) is 6.76. The molecule has 0 aliphatic rings. The fraction of sp³-hybridized carbons (Fsp3) is 0.500. The lowest BCUT2D eigenvalue weighted by Gasteiger charge is -2.11. The molecular weight excluding hydrogens is 258 g/mol. The van der Waals surface area contributed by atoms with Gasteiger partial charge in [0.05, 0.1) is 24.2 Å². The summed E-state index contributed by atoms with van der Waals surface area (Å²) in [6, 6.07) is 5.55. The summed E-state index contributed by atoms with van der Waals surface area (Å²) < 4.78 is 7.23. The summed E-state index contributed by atoms with van der Waals surface area (Å²) in [5.74, 6) is 0.632. The van der Waals surface area contributed by atoms with Crippen molar-refractivity contribution in [2.24, 2.45) is 0 Å². The van der Waals surface area contributed by atoms with Gasteiger partial charge in [-0.2, -0.15) is 0 Å². The maximum Gasteiger partial charge on any atom is 0.138 e. The smallest absolute Gasteiger partial charge is 0.138 e. The number of nitrogen functional groups attached to an aromatic ring is 1. The second-order valence-electron chi connectivity index (χ2n) is 4.74. The molecule has 6 heteroatoms. The standard InChI is InChI=1S/C14H21N3O3/c1-10(19)14-16-12-9-11(15)3-4-13(12)17(14)5-2-7-20-8-6-18/h3-4,9-10,18-19H,2,5-8,15H2,1H3. The molecule has 0 bridgehead atoms. The molecule has 2 rings (SSSR count). The number of fused-ring (bicyclic) bond motifs is 1. The van der Waals surface area contributed by atoms with Crippen molar-refractivity contribution < 1.29 is 14.9 Å². The van der Waals surface area contributed by atoms with E-state index in [1.165, 1.54) is 0 Å². The quantitative estimate of drug-likeness (QED) is 0.520. The van der Waals surface area contributed by atoms with Crippen molar-refractivity contribution in [2.75, 3.05) is 25.6 Å². The number of rotatable bonds is 7. The van der Waals surface area contributed by atoms with Gasteiger partial charge in [-0.1, -0.05) is 0 Å². The van der Waals surface area contributed by atoms with E-state index in [0.29, 0.717) is 31.3 Å². The third-order valence-corrected chi connectivity index (χ3v) is 3.08. The number of imidazole rings is 1. The number of anilines is 1. The summed E-state index contributed by atoms with van der Waals surface area (Å²) in [5.41, 5.74) is 8.16. The van der Waals surface area contributed by atoms with Crippen molar-refractivity contribution in [3.05, 3.63) is 24.0 Å². The maximum atomic E-state index is 9.84. The van der Waals surface area contributed by atoms with Gasteiger partial charge in [-0.25, -0.2) is 4.98 Å². The molecule has 0 spiro atoms. The highest BCUT2D eigenvalue weighted by molar-refractivity contribution is 5.79. The van der Waals surface area contributed by atoms with Gasteiger partial charge in [0, 0.05) is 18.8 Å². The van der Waals surface area contributed by atoms with E-state index in [-0.39, 0.29) is 6.61 Å². The lowest BCUT2D eigenvalue weighted by Crippen LogP contribution is -2.09. The van der Waals surface area contributed by atoms with Gasteiger partial charge in [0.15, 0.2) is 0 Å². The molecule has 0 amide bonds. The lowest BCUT2D eigenvalue weighted by atomic mass is 10.3. The van der Waals surface area contributed by atoms with Crippen LogP contribution in [-0.2, 0) is 11.3 Å². The van der Waals surface area contributed by atoms with E-state index in [0.717, 1.165) is 17.5 Å². The SMILES string of the molecule is CC(O)c1nc2cc(N)ccc2n1CCCOCCO. The number of aromatic nitrogens is 2. The Morgan fingerprint density at radius 1 is 1.40 bits per heavy atom. The van der Waals surface area contributed by atoms with E-state index in [9.17, 15) is 5.11 Å². The minimum Gasteiger partial charge on any atom is -0.399 e. The minimum absolute atomic E-state index is 0.0339. The zero-order chi connectivity index (χ0) is 14.5. The Hall–Kier alpha value is -1.63. The maximum absolute atomic E-state index is 9.84. The van der Waals surface area contributed by atoms with Crippen LogP contribution in [0.3, 0.4) is 0 Å². The second kappa shape index (κ2) is 6.69. The van der Waals surface area contributed by atoms with Crippen LogP contribution in [0.1, 0.15) is 25.3 Å². The first-order valence-electron chi connectivity index (χ1n) is 6.76. The number of aryl methyl sites for hydroxylation is 1. The van der Waals surface area contributed by atoms with Gasteiger partial charge < -0.3 is 25.3 Å².